The molecule has 0 saturated heterocycles. The van der Waals surface area contributed by atoms with Crippen LogP contribution in [0.4, 0.5) is 0 Å². The van der Waals surface area contributed by atoms with Gasteiger partial charge in [-0.15, -0.1) is 0 Å². The van der Waals surface area contributed by atoms with Crippen molar-refractivity contribution in [2.75, 3.05) is 34.5 Å². The number of hydrogen-bond acceptors (Lipinski definition) is 5. The molecule has 3 aromatic rings. The van der Waals surface area contributed by atoms with Crippen LogP contribution < -0.4 is 14.8 Å². The molecular formula is C21H22ClN3O4. The van der Waals surface area contributed by atoms with Gasteiger partial charge in [0, 0.05) is 25.3 Å². The first-order valence-electron chi connectivity index (χ1n) is 8.93. The minimum atomic E-state index is -0.284. The molecule has 0 atom stereocenters. The molecule has 1 amide bonds. The van der Waals surface area contributed by atoms with Gasteiger partial charge in [0.05, 0.1) is 37.2 Å². The summed E-state index contributed by atoms with van der Waals surface area (Å²) in [5, 5.41) is 7.95. The van der Waals surface area contributed by atoms with E-state index in [0.29, 0.717) is 46.7 Å². The maximum Gasteiger partial charge on any atom is 0.270 e. The van der Waals surface area contributed by atoms with Crippen LogP contribution in [-0.2, 0) is 4.74 Å². The summed E-state index contributed by atoms with van der Waals surface area (Å²) >= 11 is 6.36. The molecule has 152 valence electrons. The number of hydrogen-bond donors (Lipinski definition) is 1. The number of methoxy groups -OCH3 is 3. The van der Waals surface area contributed by atoms with Crippen molar-refractivity contribution in [2.24, 2.45) is 0 Å². The first kappa shape index (κ1) is 20.7. The van der Waals surface area contributed by atoms with Gasteiger partial charge in [-0.05, 0) is 30.3 Å². The largest absolute Gasteiger partial charge is 0.497 e. The SMILES string of the molecule is COCCNC(=O)c1cc(-c2ccc(OC)cc2OC)nn1-c1ccccc1Cl. The zero-order valence-corrected chi connectivity index (χ0v) is 17.2. The number of ether oxygens (including phenoxy) is 3. The Morgan fingerprint density at radius 2 is 1.90 bits per heavy atom. The Kier molecular flexibility index (Phi) is 6.74. The zero-order valence-electron chi connectivity index (χ0n) is 16.4. The molecule has 3 rings (SSSR count). The summed E-state index contributed by atoms with van der Waals surface area (Å²) < 4.78 is 17.3. The third-order valence-electron chi connectivity index (χ3n) is 4.30. The second-order valence-electron chi connectivity index (χ2n) is 6.09. The predicted molar refractivity (Wildman–Crippen MR) is 111 cm³/mol. The fourth-order valence-electron chi connectivity index (χ4n) is 2.85. The Morgan fingerprint density at radius 3 is 2.59 bits per heavy atom. The van der Waals surface area contributed by atoms with E-state index in [-0.39, 0.29) is 5.91 Å². The van der Waals surface area contributed by atoms with Crippen LogP contribution in [0.15, 0.2) is 48.5 Å². The van der Waals surface area contributed by atoms with Crippen molar-refractivity contribution in [3.8, 4) is 28.4 Å². The van der Waals surface area contributed by atoms with Gasteiger partial charge in [0.25, 0.3) is 5.91 Å². The van der Waals surface area contributed by atoms with Crippen LogP contribution in [0.1, 0.15) is 10.5 Å². The summed E-state index contributed by atoms with van der Waals surface area (Å²) in [4.78, 5) is 12.8. The minimum absolute atomic E-state index is 0.284. The summed E-state index contributed by atoms with van der Waals surface area (Å²) in [6, 6.07) is 14.3. The second-order valence-corrected chi connectivity index (χ2v) is 6.50. The van der Waals surface area contributed by atoms with E-state index in [9.17, 15) is 4.79 Å². The first-order valence-corrected chi connectivity index (χ1v) is 9.31. The highest BCUT2D eigenvalue weighted by Crippen LogP contribution is 2.34. The number of para-hydroxylation sites is 1. The Morgan fingerprint density at radius 1 is 1.10 bits per heavy atom. The van der Waals surface area contributed by atoms with Crippen LogP contribution in [0, 0.1) is 0 Å². The maximum atomic E-state index is 12.8. The molecule has 1 aromatic heterocycles. The molecule has 0 saturated carbocycles. The van der Waals surface area contributed by atoms with E-state index in [0.717, 1.165) is 5.56 Å². The van der Waals surface area contributed by atoms with Crippen molar-refractivity contribution in [3.63, 3.8) is 0 Å². The molecule has 0 unspecified atom stereocenters. The summed E-state index contributed by atoms with van der Waals surface area (Å²) in [6.07, 6.45) is 0. The third-order valence-corrected chi connectivity index (χ3v) is 4.62. The van der Waals surface area contributed by atoms with Crippen LogP contribution in [0.25, 0.3) is 16.9 Å². The second kappa shape index (κ2) is 9.45. The molecule has 0 aliphatic rings. The van der Waals surface area contributed by atoms with Crippen molar-refractivity contribution in [2.45, 2.75) is 0 Å². The molecule has 0 aliphatic heterocycles. The van der Waals surface area contributed by atoms with Crippen molar-refractivity contribution in [1.29, 1.82) is 0 Å². The number of halogens is 1. The lowest BCUT2D eigenvalue weighted by Gasteiger charge is -2.09. The topological polar surface area (TPSA) is 74.6 Å². The summed E-state index contributed by atoms with van der Waals surface area (Å²) in [7, 11) is 4.74. The van der Waals surface area contributed by atoms with Crippen LogP contribution in [0.3, 0.4) is 0 Å². The number of amides is 1. The number of aromatic nitrogens is 2. The highest BCUT2D eigenvalue weighted by Gasteiger charge is 2.20. The predicted octanol–water partition coefficient (Wildman–Crippen LogP) is 3.59. The quantitative estimate of drug-likeness (QED) is 0.569. The lowest BCUT2D eigenvalue weighted by Crippen LogP contribution is -2.28. The summed E-state index contributed by atoms with van der Waals surface area (Å²) in [5.41, 5.74) is 2.25. The van der Waals surface area contributed by atoms with Crippen molar-refractivity contribution in [3.05, 3.63) is 59.2 Å². The average molecular weight is 416 g/mol. The van der Waals surface area contributed by atoms with Gasteiger partial charge in [0.1, 0.15) is 17.2 Å². The number of rotatable bonds is 8. The highest BCUT2D eigenvalue weighted by molar-refractivity contribution is 6.32. The Hall–Kier alpha value is -3.03. The highest BCUT2D eigenvalue weighted by atomic mass is 35.5. The fourth-order valence-corrected chi connectivity index (χ4v) is 3.06. The number of carbonyl (C=O) groups is 1. The van der Waals surface area contributed by atoms with E-state index < -0.39 is 0 Å². The summed E-state index contributed by atoms with van der Waals surface area (Å²) in [5.74, 6) is 0.960. The smallest absolute Gasteiger partial charge is 0.270 e. The van der Waals surface area contributed by atoms with E-state index in [1.165, 1.54) is 4.68 Å². The van der Waals surface area contributed by atoms with Gasteiger partial charge < -0.3 is 19.5 Å². The third kappa shape index (κ3) is 4.52. The fraction of sp³-hybridized carbons (Fsp3) is 0.238. The van der Waals surface area contributed by atoms with Gasteiger partial charge in [-0.2, -0.15) is 5.10 Å². The van der Waals surface area contributed by atoms with Gasteiger partial charge in [-0.1, -0.05) is 23.7 Å². The average Bonchev–Trinajstić information content (AvgIpc) is 3.18. The molecule has 0 bridgehead atoms. The molecule has 8 heteroatoms. The van der Waals surface area contributed by atoms with Gasteiger partial charge in [-0.25, -0.2) is 4.68 Å². The number of benzene rings is 2. The molecule has 1 heterocycles. The van der Waals surface area contributed by atoms with Crippen LogP contribution >= 0.6 is 11.6 Å². The van der Waals surface area contributed by atoms with Gasteiger partial charge >= 0.3 is 0 Å². The molecule has 2 aromatic carbocycles. The summed E-state index contributed by atoms with van der Waals surface area (Å²) in [6.45, 7) is 0.787. The molecule has 0 radical (unpaired) electrons. The molecule has 0 fully saturated rings. The lowest BCUT2D eigenvalue weighted by molar-refractivity contribution is 0.0929. The standard InChI is InChI=1S/C21H22ClN3O4/c1-27-11-10-23-21(26)19-13-17(15-9-8-14(28-2)12-20(15)29-3)24-25(19)18-7-5-4-6-16(18)22/h4-9,12-13H,10-11H2,1-3H3,(H,23,26). The van der Waals surface area contributed by atoms with Crippen molar-refractivity contribution in [1.82, 2.24) is 15.1 Å². The maximum absolute atomic E-state index is 12.8. The van der Waals surface area contributed by atoms with E-state index in [1.807, 2.05) is 24.3 Å². The van der Waals surface area contributed by atoms with E-state index in [2.05, 4.69) is 10.4 Å². The Balaban J connectivity index is 2.10. The first-order chi connectivity index (χ1) is 14.1. The van der Waals surface area contributed by atoms with Crippen LogP contribution in [0.5, 0.6) is 11.5 Å². The number of nitrogens with zero attached hydrogens (tertiary/aromatic N) is 2. The van der Waals surface area contributed by atoms with E-state index >= 15 is 0 Å². The normalized spacial score (nSPS) is 10.6. The Labute approximate surface area is 174 Å². The molecule has 29 heavy (non-hydrogen) atoms. The number of carbonyl (C=O) groups excluding carboxylic acids is 1. The molecule has 7 nitrogen and oxygen atoms in total. The van der Waals surface area contributed by atoms with Crippen LogP contribution in [0.2, 0.25) is 5.02 Å². The lowest BCUT2D eigenvalue weighted by atomic mass is 10.1. The molecule has 0 aliphatic carbocycles. The number of nitrogens with one attached hydrogen (secondary N) is 1. The van der Waals surface area contributed by atoms with Gasteiger partial charge in [-0.3, -0.25) is 4.79 Å². The van der Waals surface area contributed by atoms with Gasteiger partial charge in [0.2, 0.25) is 0 Å². The van der Waals surface area contributed by atoms with Crippen LogP contribution in [-0.4, -0.2) is 50.2 Å². The monoisotopic (exact) mass is 415 g/mol. The van der Waals surface area contributed by atoms with Crippen molar-refractivity contribution >= 4 is 17.5 Å². The van der Waals surface area contributed by atoms with E-state index in [4.69, 9.17) is 25.8 Å². The molecule has 0 spiro atoms. The molecular weight excluding hydrogens is 394 g/mol. The van der Waals surface area contributed by atoms with E-state index in [1.54, 1.807) is 45.6 Å². The van der Waals surface area contributed by atoms with Gasteiger partial charge in [0.15, 0.2) is 0 Å². The Bertz CT molecular complexity index is 1000. The van der Waals surface area contributed by atoms with Crippen molar-refractivity contribution < 1.29 is 19.0 Å². The zero-order chi connectivity index (χ0) is 20.8. The minimum Gasteiger partial charge on any atom is -0.497 e. The molecule has 1 N–H and O–H groups in total.